The van der Waals surface area contributed by atoms with E-state index in [2.05, 4.69) is 32.2 Å². The van der Waals surface area contributed by atoms with Gasteiger partial charge in [-0.3, -0.25) is 9.48 Å². The van der Waals surface area contributed by atoms with E-state index in [1.807, 2.05) is 17.7 Å². The minimum atomic E-state index is -0.0457. The number of amides is 1. The summed E-state index contributed by atoms with van der Waals surface area (Å²) in [7, 11) is 0. The van der Waals surface area contributed by atoms with Gasteiger partial charge in [-0.1, -0.05) is 6.92 Å². The number of piperidine rings is 1. The van der Waals surface area contributed by atoms with Gasteiger partial charge in [-0.15, -0.1) is 0 Å². The molecule has 0 aromatic carbocycles. The molecule has 128 valence electrons. The van der Waals surface area contributed by atoms with Crippen LogP contribution < -0.4 is 10.2 Å². The Kier molecular flexibility index (Phi) is 5.08. The van der Waals surface area contributed by atoms with Crippen LogP contribution >= 0.6 is 0 Å². The van der Waals surface area contributed by atoms with Crippen LogP contribution in [0.1, 0.15) is 42.2 Å². The van der Waals surface area contributed by atoms with Crippen LogP contribution in [0.5, 0.6) is 0 Å². The predicted octanol–water partition coefficient (Wildman–Crippen LogP) is 1.79. The summed E-state index contributed by atoms with van der Waals surface area (Å²) in [5, 5.41) is 7.45. The average molecular weight is 328 g/mol. The van der Waals surface area contributed by atoms with Crippen molar-refractivity contribution in [3.63, 3.8) is 0 Å². The second-order valence-electron chi connectivity index (χ2n) is 6.17. The molecule has 0 bridgehead atoms. The van der Waals surface area contributed by atoms with Crippen LogP contribution in [0.3, 0.4) is 0 Å². The normalized spacial score (nSPS) is 17.8. The van der Waals surface area contributed by atoms with Gasteiger partial charge < -0.3 is 10.2 Å². The number of nitrogens with zero attached hydrogens (tertiary/aromatic N) is 5. The molecule has 1 fully saturated rings. The van der Waals surface area contributed by atoms with Gasteiger partial charge in [-0.25, -0.2) is 9.97 Å². The lowest BCUT2D eigenvalue weighted by Crippen LogP contribution is -2.48. The number of aromatic nitrogens is 4. The SMILES string of the molecule is CCCn1ncc(C(=O)N[C@H]2CCCN(c3ncccn3)C2)c1C. The third-order valence-electron chi connectivity index (χ3n) is 4.37. The molecule has 1 aliphatic rings. The Balaban J connectivity index is 1.64. The fourth-order valence-electron chi connectivity index (χ4n) is 3.10. The second kappa shape index (κ2) is 7.42. The molecular formula is C17H24N6O. The number of aryl methyl sites for hydroxylation is 1. The monoisotopic (exact) mass is 328 g/mol. The Bertz CT molecular complexity index is 684. The van der Waals surface area contributed by atoms with Gasteiger partial charge in [0.1, 0.15) is 0 Å². The first-order chi connectivity index (χ1) is 11.7. The lowest BCUT2D eigenvalue weighted by atomic mass is 10.1. The first kappa shape index (κ1) is 16.4. The maximum atomic E-state index is 12.6. The largest absolute Gasteiger partial charge is 0.347 e. The highest BCUT2D eigenvalue weighted by molar-refractivity contribution is 5.95. The molecule has 1 amide bonds. The quantitative estimate of drug-likeness (QED) is 0.905. The summed E-state index contributed by atoms with van der Waals surface area (Å²) in [6.07, 6.45) is 8.14. The van der Waals surface area contributed by atoms with Gasteiger partial charge in [0.2, 0.25) is 5.95 Å². The van der Waals surface area contributed by atoms with Crippen molar-refractivity contribution in [2.45, 2.75) is 45.7 Å². The van der Waals surface area contributed by atoms with Crippen molar-refractivity contribution in [3.8, 4) is 0 Å². The Morgan fingerprint density at radius 1 is 1.38 bits per heavy atom. The van der Waals surface area contributed by atoms with Crippen LogP contribution in [0.15, 0.2) is 24.7 Å². The van der Waals surface area contributed by atoms with E-state index >= 15 is 0 Å². The van der Waals surface area contributed by atoms with Crippen LogP contribution in [0.4, 0.5) is 5.95 Å². The smallest absolute Gasteiger partial charge is 0.255 e. The number of hydrogen-bond acceptors (Lipinski definition) is 5. The zero-order valence-corrected chi connectivity index (χ0v) is 14.3. The van der Waals surface area contributed by atoms with Gasteiger partial charge in [-0.05, 0) is 32.3 Å². The summed E-state index contributed by atoms with van der Waals surface area (Å²) in [6.45, 7) is 6.54. The molecular weight excluding hydrogens is 304 g/mol. The summed E-state index contributed by atoms with van der Waals surface area (Å²) in [5.74, 6) is 0.680. The van der Waals surface area contributed by atoms with Crippen molar-refractivity contribution in [2.75, 3.05) is 18.0 Å². The zero-order valence-electron chi connectivity index (χ0n) is 14.3. The molecule has 3 rings (SSSR count). The third-order valence-corrected chi connectivity index (χ3v) is 4.37. The van der Waals surface area contributed by atoms with Crippen molar-refractivity contribution in [1.82, 2.24) is 25.1 Å². The molecule has 7 heteroatoms. The van der Waals surface area contributed by atoms with E-state index < -0.39 is 0 Å². The summed E-state index contributed by atoms with van der Waals surface area (Å²) >= 11 is 0. The van der Waals surface area contributed by atoms with Crippen molar-refractivity contribution < 1.29 is 4.79 Å². The average Bonchev–Trinajstić information content (AvgIpc) is 2.97. The van der Waals surface area contributed by atoms with Gasteiger partial charge in [-0.2, -0.15) is 5.10 Å². The van der Waals surface area contributed by atoms with Gasteiger partial charge in [0, 0.05) is 43.8 Å². The molecule has 2 aromatic rings. The molecule has 1 saturated heterocycles. The molecule has 1 aliphatic heterocycles. The van der Waals surface area contributed by atoms with Crippen LogP contribution in [0.2, 0.25) is 0 Å². The Morgan fingerprint density at radius 2 is 2.17 bits per heavy atom. The topological polar surface area (TPSA) is 75.9 Å². The fourth-order valence-corrected chi connectivity index (χ4v) is 3.10. The van der Waals surface area contributed by atoms with Crippen LogP contribution in [0.25, 0.3) is 0 Å². The van der Waals surface area contributed by atoms with E-state index in [0.29, 0.717) is 5.56 Å². The second-order valence-corrected chi connectivity index (χ2v) is 6.17. The van der Waals surface area contributed by atoms with Gasteiger partial charge >= 0.3 is 0 Å². The zero-order chi connectivity index (χ0) is 16.9. The predicted molar refractivity (Wildman–Crippen MR) is 92.0 cm³/mol. The lowest BCUT2D eigenvalue weighted by Gasteiger charge is -2.33. The number of rotatable bonds is 5. The standard InChI is InChI=1S/C17H24N6O/c1-3-9-23-13(2)15(11-20-23)16(24)21-14-6-4-10-22(12-14)17-18-7-5-8-19-17/h5,7-8,11,14H,3-4,6,9-10,12H2,1-2H3,(H,21,24)/t14-/m0/s1. The number of hydrogen-bond donors (Lipinski definition) is 1. The summed E-state index contributed by atoms with van der Waals surface area (Å²) < 4.78 is 1.89. The molecule has 2 aromatic heterocycles. The van der Waals surface area contributed by atoms with Gasteiger partial charge in [0.25, 0.3) is 5.91 Å². The summed E-state index contributed by atoms with van der Waals surface area (Å²) in [4.78, 5) is 23.3. The fraction of sp³-hybridized carbons (Fsp3) is 0.529. The van der Waals surface area contributed by atoms with E-state index in [4.69, 9.17) is 0 Å². The third kappa shape index (κ3) is 3.55. The van der Waals surface area contributed by atoms with Crippen molar-refractivity contribution >= 4 is 11.9 Å². The Labute approximate surface area is 142 Å². The Morgan fingerprint density at radius 3 is 2.92 bits per heavy atom. The molecule has 0 saturated carbocycles. The van der Waals surface area contributed by atoms with Crippen molar-refractivity contribution in [3.05, 3.63) is 35.9 Å². The molecule has 3 heterocycles. The van der Waals surface area contributed by atoms with Crippen LogP contribution in [0, 0.1) is 6.92 Å². The summed E-state index contributed by atoms with van der Waals surface area (Å²) in [5.41, 5.74) is 1.59. The highest BCUT2D eigenvalue weighted by Crippen LogP contribution is 2.16. The van der Waals surface area contributed by atoms with Crippen molar-refractivity contribution in [2.24, 2.45) is 0 Å². The number of anilines is 1. The number of carbonyl (C=O) groups excluding carboxylic acids is 1. The van der Waals surface area contributed by atoms with E-state index in [1.165, 1.54) is 0 Å². The van der Waals surface area contributed by atoms with Crippen LogP contribution in [-0.4, -0.2) is 44.8 Å². The molecule has 7 nitrogen and oxygen atoms in total. The molecule has 1 N–H and O–H groups in total. The number of nitrogens with one attached hydrogen (secondary N) is 1. The molecule has 0 unspecified atom stereocenters. The highest BCUT2D eigenvalue weighted by Gasteiger charge is 2.24. The maximum absolute atomic E-state index is 12.6. The minimum absolute atomic E-state index is 0.0457. The summed E-state index contributed by atoms with van der Waals surface area (Å²) in [6, 6.07) is 1.91. The highest BCUT2D eigenvalue weighted by atomic mass is 16.1. The molecule has 0 spiro atoms. The van der Waals surface area contributed by atoms with Crippen molar-refractivity contribution in [1.29, 1.82) is 0 Å². The lowest BCUT2D eigenvalue weighted by molar-refractivity contribution is 0.0932. The first-order valence-corrected chi connectivity index (χ1v) is 8.54. The van der Waals surface area contributed by atoms with E-state index in [-0.39, 0.29) is 11.9 Å². The molecule has 0 aliphatic carbocycles. The number of carbonyl (C=O) groups is 1. The molecule has 0 radical (unpaired) electrons. The van der Waals surface area contributed by atoms with Crippen LogP contribution in [-0.2, 0) is 6.54 Å². The maximum Gasteiger partial charge on any atom is 0.255 e. The van der Waals surface area contributed by atoms with Gasteiger partial charge in [0.05, 0.1) is 11.8 Å². The van der Waals surface area contributed by atoms with E-state index in [1.54, 1.807) is 18.6 Å². The minimum Gasteiger partial charge on any atom is -0.347 e. The van der Waals surface area contributed by atoms with E-state index in [0.717, 1.165) is 50.5 Å². The Hall–Kier alpha value is -2.44. The first-order valence-electron chi connectivity index (χ1n) is 8.54. The van der Waals surface area contributed by atoms with Gasteiger partial charge in [0.15, 0.2) is 0 Å². The molecule has 24 heavy (non-hydrogen) atoms. The molecule has 1 atom stereocenters. The van der Waals surface area contributed by atoms with E-state index in [9.17, 15) is 4.79 Å².